The number of carbonyl (C=O) groups is 1. The monoisotopic (exact) mass is 420 g/mol. The average molecular weight is 421 g/mol. The van der Waals surface area contributed by atoms with Gasteiger partial charge in [-0.1, -0.05) is 84.0 Å². The van der Waals surface area contributed by atoms with E-state index in [0.717, 1.165) is 12.8 Å². The molecule has 0 spiro atoms. The van der Waals surface area contributed by atoms with Crippen molar-refractivity contribution in [3.05, 3.63) is 0 Å². The Kier molecular flexibility index (Phi) is 24.7. The SMILES string of the molecule is CCCCCCCCCCCCCCCC(=O)[O-].N[N+](CCO)(CCO)CCO. The van der Waals surface area contributed by atoms with Crippen LogP contribution in [0.15, 0.2) is 0 Å². The van der Waals surface area contributed by atoms with E-state index < -0.39 is 5.97 Å². The van der Waals surface area contributed by atoms with Crippen molar-refractivity contribution in [1.29, 1.82) is 0 Å². The lowest BCUT2D eigenvalue weighted by molar-refractivity contribution is -0.940. The van der Waals surface area contributed by atoms with Crippen LogP contribution in [0.1, 0.15) is 96.8 Å². The van der Waals surface area contributed by atoms with Gasteiger partial charge in [0.05, 0.1) is 19.8 Å². The van der Waals surface area contributed by atoms with Crippen molar-refractivity contribution in [2.75, 3.05) is 39.5 Å². The first-order valence-electron chi connectivity index (χ1n) is 11.6. The van der Waals surface area contributed by atoms with Crippen molar-refractivity contribution >= 4 is 5.97 Å². The number of nitrogens with zero attached hydrogens (tertiary/aromatic N) is 1. The second kappa shape index (κ2) is 23.5. The third kappa shape index (κ3) is 25.2. The summed E-state index contributed by atoms with van der Waals surface area (Å²) in [5.41, 5.74) is 0. The van der Waals surface area contributed by atoms with Gasteiger partial charge in [-0.2, -0.15) is 5.84 Å². The molecular weight excluding hydrogens is 372 g/mol. The Labute approximate surface area is 178 Å². The molecule has 0 saturated carbocycles. The third-order valence-electron chi connectivity index (χ3n) is 5.12. The number of carboxylic acid groups (broad SMARTS) is 1. The first kappa shape index (κ1) is 30.5. The summed E-state index contributed by atoms with van der Waals surface area (Å²) >= 11 is 0. The Bertz CT molecular complexity index is 326. The zero-order chi connectivity index (χ0) is 22.2. The van der Waals surface area contributed by atoms with Crippen LogP contribution in [0.5, 0.6) is 0 Å². The molecule has 0 radical (unpaired) electrons. The predicted octanol–water partition coefficient (Wildman–Crippen LogP) is 1.87. The van der Waals surface area contributed by atoms with E-state index in [1.807, 2.05) is 0 Å². The summed E-state index contributed by atoms with van der Waals surface area (Å²) < 4.78 is 0.0312. The van der Waals surface area contributed by atoms with Gasteiger partial charge in [0.15, 0.2) is 0 Å². The molecule has 0 aromatic rings. The molecule has 0 amide bonds. The molecule has 0 rings (SSSR count). The largest absolute Gasteiger partial charge is 0.550 e. The van der Waals surface area contributed by atoms with Crippen molar-refractivity contribution in [2.24, 2.45) is 5.84 Å². The average Bonchev–Trinajstić information content (AvgIpc) is 2.66. The summed E-state index contributed by atoms with van der Waals surface area (Å²) in [7, 11) is 0. The van der Waals surface area contributed by atoms with Crippen molar-refractivity contribution < 1.29 is 29.8 Å². The number of unbranched alkanes of at least 4 members (excludes halogenated alkanes) is 12. The molecular formula is C22H48N2O5. The first-order valence-corrected chi connectivity index (χ1v) is 11.6. The number of carbonyl (C=O) groups excluding carboxylic acids is 1. The van der Waals surface area contributed by atoms with Crippen LogP contribution in [0.2, 0.25) is 0 Å². The maximum absolute atomic E-state index is 10.2. The maximum Gasteiger partial charge on any atom is 0.120 e. The number of carboxylic acids is 1. The number of aliphatic hydroxyl groups is 3. The van der Waals surface area contributed by atoms with Gasteiger partial charge in [0.2, 0.25) is 0 Å². The highest BCUT2D eigenvalue weighted by Gasteiger charge is 2.20. The minimum atomic E-state index is -0.905. The summed E-state index contributed by atoms with van der Waals surface area (Å²) in [6.07, 6.45) is 16.9. The van der Waals surface area contributed by atoms with Gasteiger partial charge in [0, 0.05) is 5.97 Å². The Morgan fingerprint density at radius 2 is 1.00 bits per heavy atom. The number of quaternary nitrogens is 1. The fourth-order valence-corrected chi connectivity index (χ4v) is 3.22. The van der Waals surface area contributed by atoms with Gasteiger partial charge >= 0.3 is 0 Å². The number of nitrogens with two attached hydrogens (primary N) is 1. The van der Waals surface area contributed by atoms with Gasteiger partial charge in [-0.15, -0.1) is 0 Å². The van der Waals surface area contributed by atoms with E-state index in [1.165, 1.54) is 70.6 Å². The Morgan fingerprint density at radius 3 is 1.28 bits per heavy atom. The topological polar surface area (TPSA) is 127 Å². The zero-order valence-corrected chi connectivity index (χ0v) is 18.8. The van der Waals surface area contributed by atoms with Gasteiger partial charge in [-0.3, -0.25) is 0 Å². The maximum atomic E-state index is 10.2. The standard InChI is InChI=1S/C16H32O2.C6H17N2O3/c1-2-3-4-5-6-7-8-9-10-11-12-13-14-15-16(17)18;7-8(1-4-9,2-5-10)3-6-11/h2-15H2,1H3,(H,17,18);9-11H,1-7H2/q;+1/p-1. The quantitative estimate of drug-likeness (QED) is 0.103. The molecule has 0 bridgehead atoms. The third-order valence-corrected chi connectivity index (χ3v) is 5.12. The lowest BCUT2D eigenvalue weighted by atomic mass is 10.0. The molecule has 7 nitrogen and oxygen atoms in total. The molecule has 0 atom stereocenters. The summed E-state index contributed by atoms with van der Waals surface area (Å²) in [6, 6.07) is 0. The summed E-state index contributed by atoms with van der Waals surface area (Å²) in [5.74, 6) is 4.78. The normalized spacial score (nSPS) is 11.2. The van der Waals surface area contributed by atoms with E-state index in [2.05, 4.69) is 6.92 Å². The summed E-state index contributed by atoms with van der Waals surface area (Å²) in [6.45, 7) is 3.25. The van der Waals surface area contributed by atoms with Crippen molar-refractivity contribution in [1.82, 2.24) is 0 Å². The fourth-order valence-electron chi connectivity index (χ4n) is 3.22. The van der Waals surface area contributed by atoms with Gasteiger partial charge in [-0.05, 0) is 12.8 Å². The predicted molar refractivity (Wildman–Crippen MR) is 116 cm³/mol. The van der Waals surface area contributed by atoms with E-state index in [4.69, 9.17) is 21.2 Å². The van der Waals surface area contributed by atoms with Crippen molar-refractivity contribution in [2.45, 2.75) is 96.8 Å². The Morgan fingerprint density at radius 1 is 0.690 bits per heavy atom. The molecule has 0 aromatic heterocycles. The van der Waals surface area contributed by atoms with Crippen LogP contribution in [0, 0.1) is 0 Å². The van der Waals surface area contributed by atoms with Crippen LogP contribution >= 0.6 is 0 Å². The minimum absolute atomic E-state index is 0.0312. The minimum Gasteiger partial charge on any atom is -0.550 e. The molecule has 0 heterocycles. The molecule has 0 aliphatic rings. The molecule has 5 N–H and O–H groups in total. The molecule has 29 heavy (non-hydrogen) atoms. The number of hydrogen-bond donors (Lipinski definition) is 4. The van der Waals surface area contributed by atoms with Crippen molar-refractivity contribution in [3.63, 3.8) is 0 Å². The summed E-state index contributed by atoms with van der Waals surface area (Å²) in [5, 5.41) is 36.0. The Balaban J connectivity index is 0. The van der Waals surface area contributed by atoms with Gasteiger partial charge in [-0.25, -0.2) is 4.59 Å². The molecule has 7 heteroatoms. The second-order valence-electron chi connectivity index (χ2n) is 7.92. The molecule has 0 saturated heterocycles. The van der Waals surface area contributed by atoms with E-state index in [1.54, 1.807) is 0 Å². The van der Waals surface area contributed by atoms with Crippen LogP contribution in [-0.2, 0) is 4.79 Å². The molecule has 0 unspecified atom stereocenters. The van der Waals surface area contributed by atoms with Crippen LogP contribution in [0.25, 0.3) is 0 Å². The highest BCUT2D eigenvalue weighted by Crippen LogP contribution is 2.12. The Hall–Kier alpha value is -0.730. The molecule has 176 valence electrons. The lowest BCUT2D eigenvalue weighted by Crippen LogP contribution is -2.58. The number of rotatable bonds is 20. The highest BCUT2D eigenvalue weighted by atomic mass is 16.4. The van der Waals surface area contributed by atoms with E-state index in [9.17, 15) is 9.90 Å². The van der Waals surface area contributed by atoms with Crippen LogP contribution in [-0.4, -0.2) is 65.3 Å². The van der Waals surface area contributed by atoms with Crippen LogP contribution < -0.4 is 10.9 Å². The lowest BCUT2D eigenvalue weighted by Gasteiger charge is -2.30. The highest BCUT2D eigenvalue weighted by molar-refractivity contribution is 5.63. The fraction of sp³-hybridized carbons (Fsp3) is 0.955. The van der Waals surface area contributed by atoms with Gasteiger partial charge < -0.3 is 25.2 Å². The van der Waals surface area contributed by atoms with Gasteiger partial charge in [0.25, 0.3) is 0 Å². The molecule has 0 fully saturated rings. The molecule has 0 aromatic carbocycles. The molecule has 0 aliphatic carbocycles. The van der Waals surface area contributed by atoms with Crippen LogP contribution in [0.4, 0.5) is 0 Å². The van der Waals surface area contributed by atoms with E-state index in [0.29, 0.717) is 19.6 Å². The summed E-state index contributed by atoms with van der Waals surface area (Å²) in [4.78, 5) is 10.2. The smallest absolute Gasteiger partial charge is 0.120 e. The number of hydrogen-bond acceptors (Lipinski definition) is 6. The number of aliphatic carboxylic acids is 1. The second-order valence-corrected chi connectivity index (χ2v) is 7.92. The number of aliphatic hydroxyl groups excluding tert-OH is 3. The van der Waals surface area contributed by atoms with E-state index in [-0.39, 0.29) is 30.8 Å². The molecule has 0 aliphatic heterocycles. The van der Waals surface area contributed by atoms with Crippen LogP contribution in [0.3, 0.4) is 0 Å². The zero-order valence-electron chi connectivity index (χ0n) is 18.8. The van der Waals surface area contributed by atoms with Gasteiger partial charge in [0.1, 0.15) is 19.6 Å². The first-order chi connectivity index (χ1) is 14.0. The van der Waals surface area contributed by atoms with Crippen molar-refractivity contribution in [3.8, 4) is 0 Å². The van der Waals surface area contributed by atoms with E-state index >= 15 is 0 Å².